The molecule has 1 aromatic heterocycles. The molecule has 1 heterocycles. The van der Waals surface area contributed by atoms with Crippen LogP contribution in [0, 0.1) is 19.7 Å². The first kappa shape index (κ1) is 24.4. The number of aryl methyl sites for hydroxylation is 2. The van der Waals surface area contributed by atoms with E-state index in [2.05, 4.69) is 4.74 Å². The third-order valence-electron chi connectivity index (χ3n) is 5.01. The highest BCUT2D eigenvalue weighted by Crippen LogP contribution is 2.44. The number of rotatable bonds is 6. The van der Waals surface area contributed by atoms with Crippen molar-refractivity contribution in [3.63, 3.8) is 0 Å². The number of aromatic nitrogens is 1. The van der Waals surface area contributed by atoms with E-state index in [0.717, 1.165) is 22.8 Å². The van der Waals surface area contributed by atoms with Crippen LogP contribution in [0.15, 0.2) is 35.4 Å². The molecule has 0 aliphatic carbocycles. The average Bonchev–Trinajstić information content (AvgIpc) is 2.59. The summed E-state index contributed by atoms with van der Waals surface area (Å²) in [4.78, 5) is 22.8. The first-order valence-electron chi connectivity index (χ1n) is 9.23. The van der Waals surface area contributed by atoms with Gasteiger partial charge in [-0.15, -0.1) is 0 Å². The predicted molar refractivity (Wildman–Crippen MR) is 104 cm³/mol. The van der Waals surface area contributed by atoms with Gasteiger partial charge in [0.05, 0.1) is 6.54 Å². The number of hydrogen-bond acceptors (Lipinski definition) is 4. The van der Waals surface area contributed by atoms with Crippen molar-refractivity contribution in [3.8, 4) is 5.75 Å². The summed E-state index contributed by atoms with van der Waals surface area (Å²) in [5.74, 6) is -1.14. The molecule has 1 unspecified atom stereocenters. The standard InChI is InChI=1S/C21H23F4NO5/c1-12-8-26(9-13(2)17(12)27)11-20(30,21(23,24)25)10-19(3,4)15-7-14(22)5-6-16(15)31-18(28)29/h5-9,30H,10-11H2,1-4H3,(H,28,29). The van der Waals surface area contributed by atoms with Gasteiger partial charge in [-0.1, -0.05) is 13.8 Å². The summed E-state index contributed by atoms with van der Waals surface area (Å²) >= 11 is 0. The van der Waals surface area contributed by atoms with Crippen LogP contribution in [0.2, 0.25) is 0 Å². The van der Waals surface area contributed by atoms with Gasteiger partial charge in [0, 0.05) is 29.1 Å². The molecule has 0 saturated carbocycles. The molecule has 0 spiro atoms. The average molecular weight is 445 g/mol. The second-order valence-corrected chi connectivity index (χ2v) is 8.22. The number of halogens is 4. The van der Waals surface area contributed by atoms with E-state index in [-0.39, 0.29) is 27.9 Å². The molecule has 2 aromatic rings. The molecule has 2 N–H and O–H groups in total. The Morgan fingerprint density at radius 2 is 1.68 bits per heavy atom. The lowest BCUT2D eigenvalue weighted by Gasteiger charge is -2.38. The molecular formula is C21H23F4NO5. The summed E-state index contributed by atoms with van der Waals surface area (Å²) in [6.07, 6.45) is -5.32. The van der Waals surface area contributed by atoms with Crippen molar-refractivity contribution < 1.29 is 37.3 Å². The highest BCUT2D eigenvalue weighted by molar-refractivity contribution is 5.62. The number of hydrogen-bond donors (Lipinski definition) is 2. The summed E-state index contributed by atoms with van der Waals surface area (Å²) < 4.78 is 61.5. The van der Waals surface area contributed by atoms with E-state index in [1.807, 2.05) is 0 Å². The fourth-order valence-electron chi connectivity index (χ4n) is 3.64. The van der Waals surface area contributed by atoms with Gasteiger partial charge in [-0.05, 0) is 43.9 Å². The molecule has 0 radical (unpaired) electrons. The van der Waals surface area contributed by atoms with E-state index in [0.29, 0.717) is 0 Å². The molecule has 31 heavy (non-hydrogen) atoms. The lowest BCUT2D eigenvalue weighted by Crippen LogP contribution is -2.52. The molecule has 1 aromatic carbocycles. The number of alkyl halides is 3. The van der Waals surface area contributed by atoms with Crippen LogP contribution in [0.1, 0.15) is 37.0 Å². The normalized spacial score (nSPS) is 14.2. The molecule has 1 atom stereocenters. The van der Waals surface area contributed by atoms with Crippen molar-refractivity contribution in [1.82, 2.24) is 4.57 Å². The third kappa shape index (κ3) is 5.43. The zero-order valence-electron chi connectivity index (χ0n) is 17.4. The Kier molecular flexibility index (Phi) is 6.56. The Morgan fingerprint density at radius 3 is 2.16 bits per heavy atom. The number of nitrogens with zero attached hydrogens (tertiary/aromatic N) is 1. The van der Waals surface area contributed by atoms with Crippen molar-refractivity contribution in [3.05, 3.63) is 63.3 Å². The quantitative estimate of drug-likeness (QED) is 0.393. The zero-order valence-corrected chi connectivity index (χ0v) is 17.4. The molecule has 0 aliphatic rings. The van der Waals surface area contributed by atoms with Gasteiger partial charge in [0.2, 0.25) is 0 Å². The summed E-state index contributed by atoms with van der Waals surface area (Å²) in [6, 6.07) is 2.80. The summed E-state index contributed by atoms with van der Waals surface area (Å²) in [6.45, 7) is 4.60. The Morgan fingerprint density at radius 1 is 1.13 bits per heavy atom. The van der Waals surface area contributed by atoms with Crippen LogP contribution in [0.5, 0.6) is 5.75 Å². The minimum atomic E-state index is -5.09. The molecule has 170 valence electrons. The molecule has 10 heteroatoms. The minimum absolute atomic E-state index is 0.148. The van der Waals surface area contributed by atoms with Crippen molar-refractivity contribution in [2.45, 2.75) is 57.9 Å². The second-order valence-electron chi connectivity index (χ2n) is 8.22. The van der Waals surface area contributed by atoms with E-state index in [9.17, 15) is 32.3 Å². The number of carboxylic acid groups (broad SMARTS) is 1. The highest BCUT2D eigenvalue weighted by atomic mass is 19.4. The monoisotopic (exact) mass is 445 g/mol. The van der Waals surface area contributed by atoms with Crippen LogP contribution in [0.25, 0.3) is 0 Å². The smallest absolute Gasteiger partial charge is 0.449 e. The molecule has 0 fully saturated rings. The van der Waals surface area contributed by atoms with E-state index in [4.69, 9.17) is 5.11 Å². The maximum absolute atomic E-state index is 14.0. The molecule has 2 rings (SSSR count). The largest absolute Gasteiger partial charge is 0.511 e. The van der Waals surface area contributed by atoms with E-state index < -0.39 is 42.1 Å². The van der Waals surface area contributed by atoms with Gasteiger partial charge in [-0.2, -0.15) is 13.2 Å². The number of carbonyl (C=O) groups is 1. The van der Waals surface area contributed by atoms with Crippen molar-refractivity contribution in [2.75, 3.05) is 0 Å². The van der Waals surface area contributed by atoms with Crippen molar-refractivity contribution >= 4 is 6.16 Å². The molecule has 0 aliphatic heterocycles. The van der Waals surface area contributed by atoms with Crippen LogP contribution in [-0.4, -0.2) is 32.7 Å². The first-order valence-corrected chi connectivity index (χ1v) is 9.23. The SMILES string of the molecule is Cc1cn(CC(O)(CC(C)(C)c2cc(F)ccc2OC(=O)O)C(F)(F)F)cc(C)c1=O. The summed E-state index contributed by atoms with van der Waals surface area (Å²) in [5, 5.41) is 19.6. The van der Waals surface area contributed by atoms with Gasteiger partial charge in [-0.3, -0.25) is 4.79 Å². The van der Waals surface area contributed by atoms with Crippen LogP contribution >= 0.6 is 0 Å². The van der Waals surface area contributed by atoms with Crippen molar-refractivity contribution in [1.29, 1.82) is 0 Å². The Hall–Kier alpha value is -2.88. The van der Waals surface area contributed by atoms with Gasteiger partial charge >= 0.3 is 12.3 Å². The predicted octanol–water partition coefficient (Wildman–Crippen LogP) is 4.32. The fraction of sp³-hybridized carbons (Fsp3) is 0.429. The second kappa shape index (κ2) is 8.33. The first-order chi connectivity index (χ1) is 14.1. The minimum Gasteiger partial charge on any atom is -0.449 e. The number of pyridine rings is 1. The lowest BCUT2D eigenvalue weighted by molar-refractivity contribution is -0.271. The van der Waals surface area contributed by atoms with Gasteiger partial charge in [0.25, 0.3) is 0 Å². The Balaban J connectivity index is 2.52. The number of ether oxygens (including phenoxy) is 1. The maximum atomic E-state index is 14.0. The van der Waals surface area contributed by atoms with Crippen LogP contribution in [0.3, 0.4) is 0 Å². The molecular weight excluding hydrogens is 422 g/mol. The van der Waals surface area contributed by atoms with Gasteiger partial charge < -0.3 is 19.5 Å². The fourth-order valence-corrected chi connectivity index (χ4v) is 3.64. The summed E-state index contributed by atoms with van der Waals surface area (Å²) in [5.41, 5.74) is -4.87. The highest BCUT2D eigenvalue weighted by Gasteiger charge is 2.56. The van der Waals surface area contributed by atoms with Crippen LogP contribution in [-0.2, 0) is 12.0 Å². The lowest BCUT2D eigenvalue weighted by atomic mass is 9.74. The topological polar surface area (TPSA) is 88.8 Å². The third-order valence-corrected chi connectivity index (χ3v) is 5.01. The molecule has 0 amide bonds. The van der Waals surface area contributed by atoms with E-state index in [1.165, 1.54) is 40.1 Å². The maximum Gasteiger partial charge on any atom is 0.511 e. The Bertz CT molecular complexity index is 1020. The molecule has 6 nitrogen and oxygen atoms in total. The van der Waals surface area contributed by atoms with Gasteiger partial charge in [-0.25, -0.2) is 9.18 Å². The Labute approximate surface area is 175 Å². The van der Waals surface area contributed by atoms with Crippen molar-refractivity contribution in [2.24, 2.45) is 0 Å². The zero-order chi connectivity index (χ0) is 23.8. The summed E-state index contributed by atoms with van der Waals surface area (Å²) in [7, 11) is 0. The van der Waals surface area contributed by atoms with E-state index >= 15 is 0 Å². The van der Waals surface area contributed by atoms with E-state index in [1.54, 1.807) is 0 Å². The number of benzene rings is 1. The number of aliphatic hydroxyl groups is 1. The molecule has 0 saturated heterocycles. The van der Waals surface area contributed by atoms with Gasteiger partial charge in [0.1, 0.15) is 11.6 Å². The van der Waals surface area contributed by atoms with Crippen LogP contribution < -0.4 is 10.2 Å². The van der Waals surface area contributed by atoms with Gasteiger partial charge in [0.15, 0.2) is 11.0 Å². The van der Waals surface area contributed by atoms with Crippen LogP contribution in [0.4, 0.5) is 22.4 Å². The molecule has 0 bridgehead atoms.